The van der Waals surface area contributed by atoms with Gasteiger partial charge in [-0.15, -0.1) is 0 Å². The average Bonchev–Trinajstić information content (AvgIpc) is 2.80. The van der Waals surface area contributed by atoms with E-state index in [0.29, 0.717) is 23.7 Å². The maximum atomic E-state index is 12.6. The van der Waals surface area contributed by atoms with Crippen molar-refractivity contribution >= 4 is 23.5 Å². The third-order valence-corrected chi connectivity index (χ3v) is 3.85. The Labute approximate surface area is 123 Å². The molecule has 0 bridgehead atoms. The molecule has 1 fully saturated rings. The zero-order valence-corrected chi connectivity index (χ0v) is 12.4. The Bertz CT molecular complexity index is 524. The molecule has 0 spiro atoms. The normalized spacial score (nSPS) is 19.4. The maximum absolute atomic E-state index is 12.6. The lowest BCUT2D eigenvalue weighted by Gasteiger charge is -2.33. The van der Waals surface area contributed by atoms with Crippen LogP contribution in [0.25, 0.3) is 0 Å². The first-order valence-electron chi connectivity index (χ1n) is 6.83. The number of carboxylic acids is 1. The summed E-state index contributed by atoms with van der Waals surface area (Å²) in [5.74, 6) is -1.19. The third kappa shape index (κ3) is 2.82. The number of amides is 1. The Morgan fingerprint density at radius 2 is 2.10 bits per heavy atom. The summed E-state index contributed by atoms with van der Waals surface area (Å²) < 4.78 is 1.79. The minimum absolute atomic E-state index is 0.0921. The number of aliphatic carboxylic acids is 1. The van der Waals surface area contributed by atoms with Gasteiger partial charge in [0, 0.05) is 18.8 Å². The lowest BCUT2D eigenvalue weighted by atomic mass is 10.0. The smallest absolute Gasteiger partial charge is 0.326 e. The predicted octanol–water partition coefficient (Wildman–Crippen LogP) is 2.80. The molecular formula is C14H19ClN2O3. The van der Waals surface area contributed by atoms with Gasteiger partial charge in [-0.25, -0.2) is 4.79 Å². The molecule has 1 N–H and O–H groups in total. The van der Waals surface area contributed by atoms with Gasteiger partial charge in [0.15, 0.2) is 0 Å². The summed E-state index contributed by atoms with van der Waals surface area (Å²) in [6.45, 7) is 4.40. The van der Waals surface area contributed by atoms with E-state index in [1.807, 2.05) is 13.8 Å². The van der Waals surface area contributed by atoms with Crippen LogP contribution in [-0.2, 0) is 4.79 Å². The van der Waals surface area contributed by atoms with Gasteiger partial charge in [0.05, 0.1) is 5.02 Å². The van der Waals surface area contributed by atoms with Crippen LogP contribution >= 0.6 is 11.6 Å². The van der Waals surface area contributed by atoms with E-state index in [-0.39, 0.29) is 11.9 Å². The van der Waals surface area contributed by atoms with Crippen molar-refractivity contribution in [2.24, 2.45) is 0 Å². The fourth-order valence-electron chi connectivity index (χ4n) is 2.62. The number of carbonyl (C=O) groups is 2. The number of nitrogens with zero attached hydrogens (tertiary/aromatic N) is 2. The molecule has 1 aliphatic rings. The van der Waals surface area contributed by atoms with E-state index in [2.05, 4.69) is 0 Å². The highest BCUT2D eigenvalue weighted by Crippen LogP contribution is 2.24. The van der Waals surface area contributed by atoms with Crippen LogP contribution in [0, 0.1) is 0 Å². The van der Waals surface area contributed by atoms with Crippen LogP contribution in [0.15, 0.2) is 12.3 Å². The molecular weight excluding hydrogens is 280 g/mol. The number of hydrogen-bond donors (Lipinski definition) is 1. The van der Waals surface area contributed by atoms with Gasteiger partial charge < -0.3 is 14.6 Å². The maximum Gasteiger partial charge on any atom is 0.326 e. The van der Waals surface area contributed by atoms with Crippen LogP contribution in [0.2, 0.25) is 5.02 Å². The summed E-state index contributed by atoms with van der Waals surface area (Å²) in [5.41, 5.74) is 0.457. The van der Waals surface area contributed by atoms with E-state index < -0.39 is 12.0 Å². The second-order valence-corrected chi connectivity index (χ2v) is 5.83. The largest absolute Gasteiger partial charge is 0.480 e. The molecule has 110 valence electrons. The molecule has 1 atom stereocenters. The zero-order chi connectivity index (χ0) is 14.9. The second kappa shape index (κ2) is 5.87. The fraction of sp³-hybridized carbons (Fsp3) is 0.571. The highest BCUT2D eigenvalue weighted by Gasteiger charge is 2.33. The summed E-state index contributed by atoms with van der Waals surface area (Å²) in [7, 11) is 0. The minimum atomic E-state index is -0.938. The van der Waals surface area contributed by atoms with E-state index in [0.717, 1.165) is 12.8 Å². The Hall–Kier alpha value is -1.49. The van der Waals surface area contributed by atoms with E-state index in [9.17, 15) is 14.7 Å². The first kappa shape index (κ1) is 14.9. The van der Waals surface area contributed by atoms with Crippen LogP contribution < -0.4 is 0 Å². The van der Waals surface area contributed by atoms with Gasteiger partial charge in [-0.3, -0.25) is 4.79 Å². The Balaban J connectivity index is 2.32. The Kier molecular flexibility index (Phi) is 4.38. The minimum Gasteiger partial charge on any atom is -0.480 e. The van der Waals surface area contributed by atoms with Gasteiger partial charge in [0.2, 0.25) is 0 Å². The van der Waals surface area contributed by atoms with E-state index in [1.165, 1.54) is 4.90 Å². The van der Waals surface area contributed by atoms with Gasteiger partial charge in [-0.1, -0.05) is 11.6 Å². The molecule has 1 aromatic heterocycles. The van der Waals surface area contributed by atoms with Crippen LogP contribution in [0.3, 0.4) is 0 Å². The lowest BCUT2D eigenvalue weighted by Crippen LogP contribution is -2.48. The summed E-state index contributed by atoms with van der Waals surface area (Å²) in [5, 5.41) is 9.75. The first-order chi connectivity index (χ1) is 9.41. The molecule has 1 saturated heterocycles. The first-order valence-corrected chi connectivity index (χ1v) is 7.20. The highest BCUT2D eigenvalue weighted by molar-refractivity contribution is 6.31. The van der Waals surface area contributed by atoms with E-state index in [4.69, 9.17) is 11.6 Å². The number of aromatic nitrogens is 1. The van der Waals surface area contributed by atoms with Crippen molar-refractivity contribution in [2.45, 2.75) is 45.2 Å². The van der Waals surface area contributed by atoms with Crippen LogP contribution in [-0.4, -0.2) is 39.0 Å². The van der Waals surface area contributed by atoms with Gasteiger partial charge >= 0.3 is 5.97 Å². The van der Waals surface area contributed by atoms with Crippen LogP contribution in [0.1, 0.15) is 49.6 Å². The summed E-state index contributed by atoms with van der Waals surface area (Å²) >= 11 is 5.98. The zero-order valence-electron chi connectivity index (χ0n) is 11.7. The molecule has 1 aromatic rings. The van der Waals surface area contributed by atoms with Gasteiger partial charge in [-0.2, -0.15) is 0 Å². The van der Waals surface area contributed by atoms with E-state index >= 15 is 0 Å². The van der Waals surface area contributed by atoms with Gasteiger partial charge in [0.25, 0.3) is 5.91 Å². The Morgan fingerprint density at radius 1 is 1.40 bits per heavy atom. The van der Waals surface area contributed by atoms with Crippen LogP contribution in [0.4, 0.5) is 0 Å². The molecule has 20 heavy (non-hydrogen) atoms. The van der Waals surface area contributed by atoms with Crippen molar-refractivity contribution < 1.29 is 14.7 Å². The van der Waals surface area contributed by atoms with E-state index in [1.54, 1.807) is 16.8 Å². The molecule has 2 rings (SSSR count). The SMILES string of the molecule is CC(C)n1cc(Cl)cc1C(=O)N1CCCC[C@H]1C(=O)O. The molecule has 0 saturated carbocycles. The van der Waals surface area contributed by atoms with Gasteiger partial charge in [0.1, 0.15) is 11.7 Å². The topological polar surface area (TPSA) is 62.5 Å². The molecule has 5 nitrogen and oxygen atoms in total. The monoisotopic (exact) mass is 298 g/mol. The summed E-state index contributed by atoms with van der Waals surface area (Å²) in [6, 6.07) is 0.970. The van der Waals surface area contributed by atoms with Crippen molar-refractivity contribution in [3.8, 4) is 0 Å². The highest BCUT2D eigenvalue weighted by atomic mass is 35.5. The number of likely N-dealkylation sites (tertiary alicyclic amines) is 1. The number of carboxylic acid groups (broad SMARTS) is 1. The molecule has 1 amide bonds. The van der Waals surface area contributed by atoms with Crippen molar-refractivity contribution in [3.63, 3.8) is 0 Å². The van der Waals surface area contributed by atoms with Crippen LogP contribution in [0.5, 0.6) is 0 Å². The number of carbonyl (C=O) groups excluding carboxylic acids is 1. The van der Waals surface area contributed by atoms with Gasteiger partial charge in [-0.05, 0) is 39.2 Å². The summed E-state index contributed by atoms with van der Waals surface area (Å²) in [4.78, 5) is 25.4. The predicted molar refractivity (Wildman–Crippen MR) is 76.1 cm³/mol. The average molecular weight is 299 g/mol. The summed E-state index contributed by atoms with van der Waals surface area (Å²) in [6.07, 6.45) is 3.90. The number of hydrogen-bond acceptors (Lipinski definition) is 2. The van der Waals surface area contributed by atoms with Crippen molar-refractivity contribution in [1.29, 1.82) is 0 Å². The number of piperidine rings is 1. The second-order valence-electron chi connectivity index (χ2n) is 5.39. The molecule has 0 aliphatic carbocycles. The molecule has 0 unspecified atom stereocenters. The molecule has 6 heteroatoms. The number of halogens is 1. The standard InChI is InChI=1S/C14H19ClN2O3/c1-9(2)17-8-10(15)7-12(17)13(18)16-6-4-3-5-11(16)14(19)20/h7-9,11H,3-6H2,1-2H3,(H,19,20)/t11-/m0/s1. The Morgan fingerprint density at radius 3 is 2.70 bits per heavy atom. The number of rotatable bonds is 3. The molecule has 1 aliphatic heterocycles. The fourth-order valence-corrected chi connectivity index (χ4v) is 2.83. The van der Waals surface area contributed by atoms with Crippen molar-refractivity contribution in [1.82, 2.24) is 9.47 Å². The molecule has 0 aromatic carbocycles. The third-order valence-electron chi connectivity index (χ3n) is 3.64. The quantitative estimate of drug-likeness (QED) is 0.933. The van der Waals surface area contributed by atoms with Crippen molar-refractivity contribution in [2.75, 3.05) is 6.54 Å². The van der Waals surface area contributed by atoms with Crippen molar-refractivity contribution in [3.05, 3.63) is 23.0 Å². The molecule has 2 heterocycles. The molecule has 0 radical (unpaired) electrons. The lowest BCUT2D eigenvalue weighted by molar-refractivity contribution is -0.143.